The number of hydrogen-bond donors (Lipinski definition) is 0. The van der Waals surface area contributed by atoms with Gasteiger partial charge in [0.25, 0.3) is 11.6 Å². The first-order valence-electron chi connectivity index (χ1n) is 13.7. The largest absolute Gasteiger partial charge is 0.497 e. The van der Waals surface area contributed by atoms with E-state index in [1.165, 1.54) is 6.07 Å². The number of nitro groups is 1. The van der Waals surface area contributed by atoms with Crippen LogP contribution in [0, 0.1) is 17.0 Å². The van der Waals surface area contributed by atoms with E-state index in [1.807, 2.05) is 54.7 Å². The summed E-state index contributed by atoms with van der Waals surface area (Å²) in [6.07, 6.45) is 3.49. The van der Waals surface area contributed by atoms with Crippen molar-refractivity contribution in [2.24, 2.45) is 0 Å². The number of amides is 2. The van der Waals surface area contributed by atoms with Gasteiger partial charge in [0, 0.05) is 35.0 Å². The maximum Gasteiger partial charge on any atom is 0.273 e. The van der Waals surface area contributed by atoms with E-state index in [0.29, 0.717) is 22.7 Å². The highest BCUT2D eigenvalue weighted by molar-refractivity contribution is 6.03. The molecule has 0 unspecified atom stereocenters. The number of nitrogens with zero attached hydrogens (tertiary/aromatic N) is 4. The Morgan fingerprint density at radius 2 is 1.74 bits per heavy atom. The Labute approximate surface area is 242 Å². The van der Waals surface area contributed by atoms with Gasteiger partial charge in [-0.25, -0.2) is 0 Å². The number of nitro benzene ring substituents is 1. The van der Waals surface area contributed by atoms with Crippen molar-refractivity contribution >= 4 is 23.2 Å². The molecule has 0 radical (unpaired) electrons. The van der Waals surface area contributed by atoms with Gasteiger partial charge < -0.3 is 18.9 Å². The minimum absolute atomic E-state index is 0.115. The lowest BCUT2D eigenvalue weighted by Crippen LogP contribution is -2.47. The van der Waals surface area contributed by atoms with E-state index in [-0.39, 0.29) is 29.7 Å². The van der Waals surface area contributed by atoms with E-state index in [0.717, 1.165) is 29.8 Å². The van der Waals surface area contributed by atoms with Gasteiger partial charge in [-0.3, -0.25) is 24.6 Å². The molecule has 0 bridgehead atoms. The van der Waals surface area contributed by atoms with Gasteiger partial charge in [0.15, 0.2) is 0 Å². The summed E-state index contributed by atoms with van der Waals surface area (Å²) < 4.78 is 13.3. The molecule has 10 heteroatoms. The Hall–Kier alpha value is -5.12. The molecule has 2 aliphatic rings. The van der Waals surface area contributed by atoms with Crippen molar-refractivity contribution in [1.29, 1.82) is 0 Å². The van der Waals surface area contributed by atoms with Crippen LogP contribution in [-0.4, -0.2) is 53.0 Å². The van der Waals surface area contributed by atoms with Gasteiger partial charge >= 0.3 is 0 Å². The quantitative estimate of drug-likeness (QED) is 0.207. The van der Waals surface area contributed by atoms with E-state index >= 15 is 0 Å². The smallest absolute Gasteiger partial charge is 0.273 e. The predicted octanol–water partition coefficient (Wildman–Crippen LogP) is 5.45. The summed E-state index contributed by atoms with van der Waals surface area (Å²) in [6.45, 7) is 1.44. The Morgan fingerprint density at radius 1 is 0.976 bits per heavy atom. The zero-order valence-electron chi connectivity index (χ0n) is 23.5. The molecule has 1 atom stereocenters. The molecule has 1 fully saturated rings. The number of benzene rings is 3. The van der Waals surface area contributed by atoms with E-state index in [1.54, 1.807) is 49.1 Å². The van der Waals surface area contributed by atoms with Crippen molar-refractivity contribution in [1.82, 2.24) is 9.47 Å². The van der Waals surface area contributed by atoms with E-state index in [2.05, 4.69) is 4.57 Å². The molecule has 1 aliphatic heterocycles. The molecule has 42 heavy (non-hydrogen) atoms. The number of rotatable bonds is 8. The molecular formula is C32H30N4O6. The van der Waals surface area contributed by atoms with Crippen LogP contribution in [0.3, 0.4) is 0 Å². The molecule has 2 amide bonds. The third-order valence-corrected chi connectivity index (χ3v) is 7.93. The van der Waals surface area contributed by atoms with Crippen LogP contribution in [0.4, 0.5) is 11.4 Å². The Bertz CT molecular complexity index is 1710. The second-order valence-electron chi connectivity index (χ2n) is 10.5. The molecule has 0 N–H and O–H groups in total. The standard InChI is InChI=1S/C32H30N4O6/c1-20-10-11-21(17-28(20)36(39)40)32(38)34(22-12-13-22)19-30(37)35-26-8-5-4-7-25(26)33-16-6-9-27(33)31(35)24-18-23(41-2)14-15-29(24)42-3/h4-11,14-18,22,31H,12-13,19H2,1-3H3/t31-/m1/s1. The van der Waals surface area contributed by atoms with Crippen LogP contribution in [-0.2, 0) is 4.79 Å². The lowest BCUT2D eigenvalue weighted by molar-refractivity contribution is -0.385. The number of carbonyl (C=O) groups excluding carboxylic acids is 2. The second-order valence-corrected chi connectivity index (χ2v) is 10.5. The SMILES string of the molecule is COc1ccc(OC)c([C@@H]2c3cccn3-c3ccccc3N2C(=O)CN(C(=O)c2ccc(C)c([N+](=O)[O-])c2)C2CC2)c1. The minimum Gasteiger partial charge on any atom is -0.497 e. The zero-order valence-corrected chi connectivity index (χ0v) is 23.5. The maximum atomic E-state index is 14.5. The molecule has 1 aromatic heterocycles. The molecule has 10 nitrogen and oxygen atoms in total. The van der Waals surface area contributed by atoms with Crippen LogP contribution in [0.5, 0.6) is 11.5 Å². The molecule has 2 heterocycles. The van der Waals surface area contributed by atoms with E-state index in [4.69, 9.17) is 9.47 Å². The number of fused-ring (bicyclic) bond motifs is 3. The number of methoxy groups -OCH3 is 2. The first-order chi connectivity index (χ1) is 20.3. The lowest BCUT2D eigenvalue weighted by Gasteiger charge is -2.40. The number of hydrogen-bond acceptors (Lipinski definition) is 6. The van der Waals surface area contributed by atoms with Crippen LogP contribution in [0.25, 0.3) is 5.69 Å². The van der Waals surface area contributed by atoms with Gasteiger partial charge in [-0.1, -0.05) is 18.2 Å². The summed E-state index contributed by atoms with van der Waals surface area (Å²) >= 11 is 0. The number of aryl methyl sites for hydroxylation is 1. The molecule has 0 spiro atoms. The molecule has 4 aromatic rings. The second kappa shape index (κ2) is 10.7. The summed E-state index contributed by atoms with van der Waals surface area (Å²) in [7, 11) is 3.17. The van der Waals surface area contributed by atoms with Gasteiger partial charge in [-0.2, -0.15) is 0 Å². The van der Waals surface area contributed by atoms with Crippen molar-refractivity contribution in [3.8, 4) is 17.2 Å². The first kappa shape index (κ1) is 27.1. The first-order valence-corrected chi connectivity index (χ1v) is 13.7. The predicted molar refractivity (Wildman–Crippen MR) is 157 cm³/mol. The molecule has 1 saturated carbocycles. The number of carbonyl (C=O) groups is 2. The highest BCUT2D eigenvalue weighted by Crippen LogP contribution is 2.45. The highest BCUT2D eigenvalue weighted by atomic mass is 16.6. The molecule has 214 valence electrons. The fourth-order valence-corrected chi connectivity index (χ4v) is 5.69. The molecular weight excluding hydrogens is 536 g/mol. The van der Waals surface area contributed by atoms with Crippen molar-refractivity contribution in [2.75, 3.05) is 25.7 Å². The summed E-state index contributed by atoms with van der Waals surface area (Å²) in [5.74, 6) is 0.517. The Morgan fingerprint density at radius 3 is 2.43 bits per heavy atom. The van der Waals surface area contributed by atoms with Crippen LogP contribution in [0.15, 0.2) is 79.0 Å². The van der Waals surface area contributed by atoms with Crippen LogP contribution in [0.1, 0.15) is 46.1 Å². The van der Waals surface area contributed by atoms with Crippen molar-refractivity contribution < 1.29 is 24.0 Å². The van der Waals surface area contributed by atoms with E-state index in [9.17, 15) is 19.7 Å². The van der Waals surface area contributed by atoms with Gasteiger partial charge in [0.05, 0.1) is 36.2 Å². The summed E-state index contributed by atoms with van der Waals surface area (Å²) in [4.78, 5) is 42.6. The van der Waals surface area contributed by atoms with Crippen LogP contribution < -0.4 is 14.4 Å². The van der Waals surface area contributed by atoms with Crippen LogP contribution >= 0.6 is 0 Å². The van der Waals surface area contributed by atoms with Gasteiger partial charge in [-0.15, -0.1) is 0 Å². The molecule has 1 aliphatic carbocycles. The number of aromatic nitrogens is 1. The van der Waals surface area contributed by atoms with Crippen molar-refractivity contribution in [2.45, 2.75) is 31.8 Å². The number of ether oxygens (including phenoxy) is 2. The van der Waals surface area contributed by atoms with Crippen molar-refractivity contribution in [3.05, 3.63) is 111 Å². The average molecular weight is 567 g/mol. The Balaban J connectivity index is 1.43. The summed E-state index contributed by atoms with van der Waals surface area (Å²) in [6, 6.07) is 20.8. The highest BCUT2D eigenvalue weighted by Gasteiger charge is 2.41. The lowest BCUT2D eigenvalue weighted by atomic mass is 9.96. The minimum atomic E-state index is -0.580. The molecule has 0 saturated heterocycles. The fourth-order valence-electron chi connectivity index (χ4n) is 5.69. The maximum absolute atomic E-state index is 14.5. The molecule has 3 aromatic carbocycles. The van der Waals surface area contributed by atoms with Crippen molar-refractivity contribution in [3.63, 3.8) is 0 Å². The number of para-hydroxylation sites is 2. The summed E-state index contributed by atoms with van der Waals surface area (Å²) in [5, 5.41) is 11.6. The van der Waals surface area contributed by atoms with Crippen LogP contribution in [0.2, 0.25) is 0 Å². The topological polar surface area (TPSA) is 107 Å². The third kappa shape index (κ3) is 4.64. The van der Waals surface area contributed by atoms with E-state index < -0.39 is 16.9 Å². The van der Waals surface area contributed by atoms with Gasteiger partial charge in [0.1, 0.15) is 24.1 Å². The monoisotopic (exact) mass is 566 g/mol. The van der Waals surface area contributed by atoms with Gasteiger partial charge in [0.2, 0.25) is 5.91 Å². The number of anilines is 1. The zero-order chi connectivity index (χ0) is 29.5. The molecule has 6 rings (SSSR count). The Kier molecular flexibility index (Phi) is 6.89. The third-order valence-electron chi connectivity index (χ3n) is 7.93. The van der Waals surface area contributed by atoms with Gasteiger partial charge in [-0.05, 0) is 68.3 Å². The normalized spacial score (nSPS) is 15.4. The fraction of sp³-hybridized carbons (Fsp3) is 0.250. The average Bonchev–Trinajstić information content (AvgIpc) is 3.73. The summed E-state index contributed by atoms with van der Waals surface area (Å²) in [5.41, 5.74) is 3.64.